The van der Waals surface area contributed by atoms with Crippen LogP contribution in [0.2, 0.25) is 0 Å². The predicted molar refractivity (Wildman–Crippen MR) is 98.4 cm³/mol. The van der Waals surface area contributed by atoms with E-state index in [0.29, 0.717) is 25.3 Å². The molecule has 1 aromatic heterocycles. The number of aryl methyl sites for hydroxylation is 1. The van der Waals surface area contributed by atoms with Crippen molar-refractivity contribution in [2.75, 3.05) is 19.6 Å². The highest BCUT2D eigenvalue weighted by Crippen LogP contribution is 2.45. The molecule has 0 spiro atoms. The van der Waals surface area contributed by atoms with Crippen LogP contribution in [0.1, 0.15) is 34.7 Å². The molecule has 5 nitrogen and oxygen atoms in total. The summed E-state index contributed by atoms with van der Waals surface area (Å²) in [5.74, 6) is -0.118. The Morgan fingerprint density at radius 1 is 1.11 bits per heavy atom. The van der Waals surface area contributed by atoms with Crippen molar-refractivity contribution in [3.63, 3.8) is 0 Å². The van der Waals surface area contributed by atoms with Crippen LogP contribution >= 0.6 is 0 Å². The highest BCUT2D eigenvalue weighted by molar-refractivity contribution is 5.92. The Labute approximate surface area is 157 Å². The summed E-state index contributed by atoms with van der Waals surface area (Å²) in [5.41, 5.74) is 2.04. The second-order valence-corrected chi connectivity index (χ2v) is 7.47. The topological polar surface area (TPSA) is 53.5 Å². The van der Waals surface area contributed by atoms with E-state index in [1.54, 1.807) is 19.1 Å². The van der Waals surface area contributed by atoms with E-state index in [9.17, 15) is 14.0 Å². The van der Waals surface area contributed by atoms with Gasteiger partial charge in [0, 0.05) is 44.1 Å². The van der Waals surface area contributed by atoms with E-state index in [1.807, 2.05) is 34.9 Å². The van der Waals surface area contributed by atoms with Crippen molar-refractivity contribution in [1.29, 1.82) is 0 Å². The van der Waals surface area contributed by atoms with Gasteiger partial charge in [0.2, 0.25) is 5.91 Å². The second-order valence-electron chi connectivity index (χ2n) is 7.47. The van der Waals surface area contributed by atoms with Crippen LogP contribution < -0.4 is 0 Å². The maximum Gasteiger partial charge on any atom is 0.272 e. The molecule has 27 heavy (non-hydrogen) atoms. The highest BCUT2D eigenvalue weighted by atomic mass is 19.1. The van der Waals surface area contributed by atoms with Gasteiger partial charge >= 0.3 is 0 Å². The third-order valence-electron chi connectivity index (χ3n) is 5.65. The van der Waals surface area contributed by atoms with Crippen LogP contribution in [0.15, 0.2) is 42.5 Å². The lowest BCUT2D eigenvalue weighted by atomic mass is 9.89. The average Bonchev–Trinajstić information content (AvgIpc) is 3.18. The first-order valence-electron chi connectivity index (χ1n) is 9.19. The van der Waals surface area contributed by atoms with Crippen LogP contribution in [0.3, 0.4) is 0 Å². The molecule has 0 saturated carbocycles. The summed E-state index contributed by atoms with van der Waals surface area (Å²) >= 11 is 0. The molecular formula is C21H22FN3O2. The number of halogens is 1. The minimum Gasteiger partial charge on any atom is -0.337 e. The van der Waals surface area contributed by atoms with E-state index < -0.39 is 0 Å². The van der Waals surface area contributed by atoms with Crippen molar-refractivity contribution in [2.24, 2.45) is 11.8 Å². The van der Waals surface area contributed by atoms with E-state index in [1.165, 1.54) is 12.1 Å². The molecule has 4 rings (SSSR count). The minimum atomic E-state index is -0.311. The molecule has 140 valence electrons. The Hall–Kier alpha value is -2.76. The van der Waals surface area contributed by atoms with Crippen LogP contribution in [-0.4, -0.2) is 46.2 Å². The molecule has 6 heteroatoms. The molecule has 2 saturated heterocycles. The monoisotopic (exact) mass is 367 g/mol. The van der Waals surface area contributed by atoms with Gasteiger partial charge in [0.15, 0.2) is 0 Å². The zero-order valence-corrected chi connectivity index (χ0v) is 15.4. The van der Waals surface area contributed by atoms with Gasteiger partial charge in [0.1, 0.15) is 11.5 Å². The maximum absolute atomic E-state index is 13.8. The third kappa shape index (κ3) is 3.20. The quantitative estimate of drug-likeness (QED) is 0.820. The molecule has 0 radical (unpaired) electrons. The minimum absolute atomic E-state index is 0.0168. The second kappa shape index (κ2) is 6.76. The first-order valence-corrected chi connectivity index (χ1v) is 9.19. The van der Waals surface area contributed by atoms with E-state index in [2.05, 4.69) is 4.98 Å². The van der Waals surface area contributed by atoms with E-state index in [-0.39, 0.29) is 35.5 Å². The first kappa shape index (κ1) is 17.6. The summed E-state index contributed by atoms with van der Waals surface area (Å²) < 4.78 is 13.8. The molecule has 2 fully saturated rings. The Morgan fingerprint density at radius 2 is 1.89 bits per heavy atom. The number of fused-ring (bicyclic) bond motifs is 1. The lowest BCUT2D eigenvalue weighted by molar-refractivity contribution is -0.130. The number of pyridine rings is 1. The molecule has 3 heterocycles. The van der Waals surface area contributed by atoms with Gasteiger partial charge in [-0.3, -0.25) is 9.59 Å². The molecule has 0 aliphatic carbocycles. The number of likely N-dealkylation sites (tertiary alicyclic amines) is 2. The van der Waals surface area contributed by atoms with E-state index in [0.717, 1.165) is 11.3 Å². The highest BCUT2D eigenvalue weighted by Gasteiger charge is 2.49. The predicted octanol–water partition coefficient (Wildman–Crippen LogP) is 2.82. The number of nitrogens with zero attached hydrogens (tertiary/aromatic N) is 3. The largest absolute Gasteiger partial charge is 0.337 e. The molecule has 2 aromatic rings. The number of carbonyl (C=O) groups excluding carboxylic acids is 2. The fourth-order valence-corrected chi connectivity index (χ4v) is 4.48. The van der Waals surface area contributed by atoms with Gasteiger partial charge in [-0.1, -0.05) is 18.2 Å². The van der Waals surface area contributed by atoms with Crippen LogP contribution in [-0.2, 0) is 4.79 Å². The van der Waals surface area contributed by atoms with Gasteiger partial charge in [-0.05, 0) is 36.8 Å². The van der Waals surface area contributed by atoms with Crippen LogP contribution in [0.5, 0.6) is 0 Å². The van der Waals surface area contributed by atoms with Gasteiger partial charge < -0.3 is 9.80 Å². The zero-order chi connectivity index (χ0) is 19.1. The van der Waals surface area contributed by atoms with Crippen LogP contribution in [0.4, 0.5) is 4.39 Å². The maximum atomic E-state index is 13.8. The van der Waals surface area contributed by atoms with Crippen molar-refractivity contribution >= 4 is 11.8 Å². The number of hydrogen-bond acceptors (Lipinski definition) is 3. The Bertz CT molecular complexity index is 901. The fraction of sp³-hybridized carbons (Fsp3) is 0.381. The Balaban J connectivity index is 1.60. The molecule has 2 aliphatic heterocycles. The molecule has 0 unspecified atom stereocenters. The van der Waals surface area contributed by atoms with Gasteiger partial charge in [-0.15, -0.1) is 0 Å². The number of amides is 2. The van der Waals surface area contributed by atoms with Crippen molar-refractivity contribution in [3.05, 3.63) is 65.2 Å². The smallest absolute Gasteiger partial charge is 0.272 e. The summed E-state index contributed by atoms with van der Waals surface area (Å²) in [6.45, 7) is 5.14. The molecule has 0 bridgehead atoms. The summed E-state index contributed by atoms with van der Waals surface area (Å²) in [6, 6.07) is 11.7. The number of benzene rings is 1. The molecule has 2 amide bonds. The molecular weight excluding hydrogens is 345 g/mol. The summed E-state index contributed by atoms with van der Waals surface area (Å²) in [7, 11) is 0. The molecule has 0 N–H and O–H groups in total. The SMILES string of the molecule is CC(=O)N1C[C@H]2CN(C(=O)c3cccc(C)n3)C[C@H]2[C@@H]1c1cccc(F)c1. The fourth-order valence-electron chi connectivity index (χ4n) is 4.48. The molecule has 2 aliphatic rings. The zero-order valence-electron chi connectivity index (χ0n) is 15.4. The Morgan fingerprint density at radius 3 is 2.59 bits per heavy atom. The third-order valence-corrected chi connectivity index (χ3v) is 5.65. The van der Waals surface area contributed by atoms with E-state index in [4.69, 9.17) is 0 Å². The van der Waals surface area contributed by atoms with Crippen molar-refractivity contribution < 1.29 is 14.0 Å². The van der Waals surface area contributed by atoms with Gasteiger partial charge in [0.05, 0.1) is 6.04 Å². The number of aromatic nitrogens is 1. The van der Waals surface area contributed by atoms with Gasteiger partial charge in [0.25, 0.3) is 5.91 Å². The normalized spacial score (nSPS) is 24.2. The summed E-state index contributed by atoms with van der Waals surface area (Å²) in [4.78, 5) is 33.0. The van der Waals surface area contributed by atoms with Gasteiger partial charge in [-0.25, -0.2) is 9.37 Å². The van der Waals surface area contributed by atoms with Crippen molar-refractivity contribution in [3.8, 4) is 0 Å². The van der Waals surface area contributed by atoms with Crippen molar-refractivity contribution in [1.82, 2.24) is 14.8 Å². The average molecular weight is 367 g/mol. The standard InChI is InChI=1S/C21H22FN3O2/c1-13-5-3-8-19(23-13)21(27)24-10-16-11-25(14(2)26)20(18(16)12-24)15-6-4-7-17(22)9-15/h3-9,16,18,20H,10-12H2,1-2H3/t16-,18-,20+/m1/s1. The van der Waals surface area contributed by atoms with Crippen molar-refractivity contribution in [2.45, 2.75) is 19.9 Å². The Kier molecular flexibility index (Phi) is 4.42. The van der Waals surface area contributed by atoms with Crippen LogP contribution in [0.25, 0.3) is 0 Å². The molecule has 1 aromatic carbocycles. The lowest BCUT2D eigenvalue weighted by Gasteiger charge is -2.29. The first-order chi connectivity index (χ1) is 12.9. The number of hydrogen-bond donors (Lipinski definition) is 0. The van der Waals surface area contributed by atoms with Crippen LogP contribution in [0, 0.1) is 24.6 Å². The molecule has 3 atom stereocenters. The number of rotatable bonds is 2. The number of carbonyl (C=O) groups is 2. The summed E-state index contributed by atoms with van der Waals surface area (Å²) in [6.07, 6.45) is 0. The van der Waals surface area contributed by atoms with E-state index >= 15 is 0 Å². The lowest BCUT2D eigenvalue weighted by Crippen LogP contribution is -2.36. The van der Waals surface area contributed by atoms with Gasteiger partial charge in [-0.2, -0.15) is 0 Å². The summed E-state index contributed by atoms with van der Waals surface area (Å²) in [5, 5.41) is 0.